The SMILES string of the molecule is CC(C)CN1C(=O)/C(=C/c2ccc(OCc3ccc(Cl)c(Cl)c3)c(Cl)c2)SC1=Nc1ccc(Cl)cc1. The Balaban J connectivity index is 1.53. The standard InChI is InChI=1S/C27H22Cl4N2O2S/c1-16(2)14-33-26(34)25(36-27(33)32-20-7-5-19(28)6-8-20)13-17-4-10-24(23(31)11-17)35-15-18-3-9-21(29)22(30)12-18/h3-13,16H,14-15H2,1-2H3/b25-13-,32-27?. The Hall–Kier alpha value is -2.15. The summed E-state index contributed by atoms with van der Waals surface area (Å²) in [7, 11) is 0. The van der Waals surface area contributed by atoms with Gasteiger partial charge < -0.3 is 4.74 Å². The lowest BCUT2D eigenvalue weighted by molar-refractivity contribution is -0.122. The van der Waals surface area contributed by atoms with Crippen LogP contribution in [0.1, 0.15) is 25.0 Å². The molecule has 9 heteroatoms. The Kier molecular flexibility index (Phi) is 8.91. The van der Waals surface area contributed by atoms with Gasteiger partial charge in [-0.3, -0.25) is 9.69 Å². The number of carbonyl (C=O) groups is 1. The summed E-state index contributed by atoms with van der Waals surface area (Å²) in [6.45, 7) is 4.99. The minimum atomic E-state index is -0.0857. The van der Waals surface area contributed by atoms with Crippen molar-refractivity contribution in [3.8, 4) is 5.75 Å². The van der Waals surface area contributed by atoms with Crippen LogP contribution in [0.3, 0.4) is 0 Å². The van der Waals surface area contributed by atoms with Crippen molar-refractivity contribution in [2.24, 2.45) is 10.9 Å². The zero-order chi connectivity index (χ0) is 25.8. The van der Waals surface area contributed by atoms with E-state index < -0.39 is 0 Å². The highest BCUT2D eigenvalue weighted by Gasteiger charge is 2.33. The van der Waals surface area contributed by atoms with E-state index >= 15 is 0 Å². The van der Waals surface area contributed by atoms with Gasteiger partial charge >= 0.3 is 0 Å². The normalized spacial score (nSPS) is 16.0. The van der Waals surface area contributed by atoms with Crippen molar-refractivity contribution >= 4 is 81.0 Å². The van der Waals surface area contributed by atoms with Crippen LogP contribution in [0.2, 0.25) is 20.1 Å². The second-order valence-electron chi connectivity index (χ2n) is 8.52. The number of nitrogens with zero attached hydrogens (tertiary/aromatic N) is 2. The fourth-order valence-electron chi connectivity index (χ4n) is 3.41. The van der Waals surface area contributed by atoms with Crippen LogP contribution < -0.4 is 4.74 Å². The van der Waals surface area contributed by atoms with Crippen LogP contribution >= 0.6 is 58.2 Å². The highest BCUT2D eigenvalue weighted by atomic mass is 35.5. The van der Waals surface area contributed by atoms with E-state index in [1.165, 1.54) is 11.8 Å². The van der Waals surface area contributed by atoms with Crippen molar-refractivity contribution < 1.29 is 9.53 Å². The summed E-state index contributed by atoms with van der Waals surface area (Å²) in [5.41, 5.74) is 2.39. The molecule has 0 aliphatic carbocycles. The molecule has 1 saturated heterocycles. The number of hydrogen-bond acceptors (Lipinski definition) is 4. The molecule has 36 heavy (non-hydrogen) atoms. The Morgan fingerprint density at radius 2 is 1.69 bits per heavy atom. The van der Waals surface area contributed by atoms with E-state index in [-0.39, 0.29) is 11.8 Å². The van der Waals surface area contributed by atoms with E-state index in [9.17, 15) is 4.79 Å². The van der Waals surface area contributed by atoms with Crippen LogP contribution in [0.25, 0.3) is 6.08 Å². The van der Waals surface area contributed by atoms with Gasteiger partial charge in [-0.05, 0) is 83.4 Å². The van der Waals surface area contributed by atoms with Crippen LogP contribution in [-0.4, -0.2) is 22.5 Å². The Morgan fingerprint density at radius 3 is 2.36 bits per heavy atom. The van der Waals surface area contributed by atoms with E-state index in [0.717, 1.165) is 16.8 Å². The molecule has 1 amide bonds. The summed E-state index contributed by atoms with van der Waals surface area (Å²) < 4.78 is 5.85. The van der Waals surface area contributed by atoms with Gasteiger partial charge in [0.2, 0.25) is 0 Å². The molecular formula is C27H22Cl4N2O2S. The fraction of sp³-hybridized carbons (Fsp3) is 0.185. The lowest BCUT2D eigenvalue weighted by Crippen LogP contribution is -2.32. The molecule has 0 aromatic heterocycles. The monoisotopic (exact) mass is 578 g/mol. The molecule has 4 rings (SSSR count). The predicted octanol–water partition coefficient (Wildman–Crippen LogP) is 9.14. The number of amidine groups is 1. The second-order valence-corrected chi connectivity index (χ2v) is 11.2. The van der Waals surface area contributed by atoms with Crippen molar-refractivity contribution in [1.29, 1.82) is 0 Å². The number of halogens is 4. The lowest BCUT2D eigenvalue weighted by atomic mass is 10.2. The third kappa shape index (κ3) is 6.78. The number of carbonyl (C=O) groups excluding carboxylic acids is 1. The molecule has 0 bridgehead atoms. The first-order chi connectivity index (χ1) is 17.2. The minimum absolute atomic E-state index is 0.0857. The molecule has 1 heterocycles. The number of aliphatic imine (C=N–C) groups is 1. The van der Waals surface area contributed by atoms with Gasteiger partial charge in [-0.25, -0.2) is 4.99 Å². The van der Waals surface area contributed by atoms with Gasteiger partial charge in [0.1, 0.15) is 12.4 Å². The molecule has 0 N–H and O–H groups in total. The number of benzene rings is 3. The molecule has 0 unspecified atom stereocenters. The van der Waals surface area contributed by atoms with Crippen molar-refractivity contribution in [1.82, 2.24) is 4.90 Å². The van der Waals surface area contributed by atoms with Crippen LogP contribution in [-0.2, 0) is 11.4 Å². The summed E-state index contributed by atoms with van der Waals surface area (Å²) in [5, 5.41) is 2.66. The summed E-state index contributed by atoms with van der Waals surface area (Å²) in [6.07, 6.45) is 1.82. The average Bonchev–Trinajstić information content (AvgIpc) is 3.10. The van der Waals surface area contributed by atoms with Gasteiger partial charge in [0.25, 0.3) is 5.91 Å². The van der Waals surface area contributed by atoms with Crippen molar-refractivity contribution in [3.63, 3.8) is 0 Å². The Bertz CT molecular complexity index is 1340. The topological polar surface area (TPSA) is 41.9 Å². The Morgan fingerprint density at radius 1 is 0.944 bits per heavy atom. The molecule has 0 saturated carbocycles. The molecule has 1 fully saturated rings. The highest BCUT2D eigenvalue weighted by Crippen LogP contribution is 2.36. The fourth-order valence-corrected chi connectivity index (χ4v) is 5.11. The van der Waals surface area contributed by atoms with E-state index in [4.69, 9.17) is 56.1 Å². The van der Waals surface area contributed by atoms with Gasteiger partial charge in [-0.15, -0.1) is 0 Å². The maximum absolute atomic E-state index is 13.2. The van der Waals surface area contributed by atoms with Crippen LogP contribution in [0, 0.1) is 5.92 Å². The van der Waals surface area contributed by atoms with Crippen LogP contribution in [0.4, 0.5) is 5.69 Å². The number of thioether (sulfide) groups is 1. The minimum Gasteiger partial charge on any atom is -0.487 e. The van der Waals surface area contributed by atoms with Gasteiger partial charge in [-0.1, -0.05) is 72.4 Å². The largest absolute Gasteiger partial charge is 0.487 e. The first-order valence-corrected chi connectivity index (χ1v) is 13.4. The molecule has 0 radical (unpaired) electrons. The second kappa shape index (κ2) is 11.9. The maximum atomic E-state index is 13.2. The van der Waals surface area contributed by atoms with Crippen LogP contribution in [0.15, 0.2) is 70.6 Å². The lowest BCUT2D eigenvalue weighted by Gasteiger charge is -2.17. The van der Waals surface area contributed by atoms with Gasteiger partial charge in [-0.2, -0.15) is 0 Å². The number of rotatable bonds is 7. The Labute approximate surface area is 234 Å². The average molecular weight is 580 g/mol. The van der Waals surface area contributed by atoms with E-state index in [0.29, 0.717) is 49.1 Å². The molecule has 3 aromatic rings. The van der Waals surface area contributed by atoms with E-state index in [1.807, 2.05) is 30.3 Å². The molecule has 186 valence electrons. The maximum Gasteiger partial charge on any atom is 0.266 e. The number of amides is 1. The zero-order valence-electron chi connectivity index (χ0n) is 19.5. The highest BCUT2D eigenvalue weighted by molar-refractivity contribution is 8.18. The van der Waals surface area contributed by atoms with Gasteiger partial charge in [0.05, 0.1) is 25.7 Å². The summed E-state index contributed by atoms with van der Waals surface area (Å²) in [5.74, 6) is 0.727. The first kappa shape index (κ1) is 26.9. The zero-order valence-corrected chi connectivity index (χ0v) is 23.3. The third-order valence-electron chi connectivity index (χ3n) is 5.12. The smallest absolute Gasteiger partial charge is 0.266 e. The van der Waals surface area contributed by atoms with Crippen molar-refractivity contribution in [3.05, 3.63) is 96.8 Å². The van der Waals surface area contributed by atoms with Crippen molar-refractivity contribution in [2.45, 2.75) is 20.5 Å². The van der Waals surface area contributed by atoms with Crippen molar-refractivity contribution in [2.75, 3.05) is 6.54 Å². The number of hydrogen-bond donors (Lipinski definition) is 0. The summed E-state index contributed by atoms with van der Waals surface area (Å²) in [6, 6.07) is 17.9. The molecule has 4 nitrogen and oxygen atoms in total. The number of ether oxygens (including phenoxy) is 1. The molecule has 1 aliphatic rings. The first-order valence-electron chi connectivity index (χ1n) is 11.1. The van der Waals surface area contributed by atoms with E-state index in [2.05, 4.69) is 13.8 Å². The molecular weight excluding hydrogens is 558 g/mol. The van der Waals surface area contributed by atoms with Gasteiger partial charge in [0.15, 0.2) is 5.17 Å². The van der Waals surface area contributed by atoms with Gasteiger partial charge in [0, 0.05) is 11.6 Å². The molecule has 0 atom stereocenters. The summed E-state index contributed by atoms with van der Waals surface area (Å²) in [4.78, 5) is 20.2. The molecule has 3 aromatic carbocycles. The molecule has 0 spiro atoms. The predicted molar refractivity (Wildman–Crippen MR) is 153 cm³/mol. The van der Waals surface area contributed by atoms with Crippen LogP contribution in [0.5, 0.6) is 5.75 Å². The van der Waals surface area contributed by atoms with E-state index in [1.54, 1.807) is 41.3 Å². The third-order valence-corrected chi connectivity index (χ3v) is 7.41. The summed E-state index contributed by atoms with van der Waals surface area (Å²) >= 11 is 25.9. The quantitative estimate of drug-likeness (QED) is 0.262. The molecule has 1 aliphatic heterocycles.